The smallest absolute Gasteiger partial charge is 0.350 e. The highest BCUT2D eigenvalue weighted by Crippen LogP contribution is 2.40. The molecule has 1 saturated heterocycles. The second kappa shape index (κ2) is 4.44. The maximum atomic E-state index is 11.6. The highest BCUT2D eigenvalue weighted by atomic mass is 32.2. The predicted molar refractivity (Wildman–Crippen MR) is 61.0 cm³/mol. The van der Waals surface area contributed by atoms with Crippen LogP contribution >= 0.6 is 11.8 Å². The molecule has 1 aliphatic heterocycles. The van der Waals surface area contributed by atoms with Crippen LogP contribution in [0.25, 0.3) is 0 Å². The van der Waals surface area contributed by atoms with Crippen LogP contribution < -0.4 is 11.4 Å². The van der Waals surface area contributed by atoms with Crippen molar-refractivity contribution < 1.29 is 10.2 Å². The Morgan fingerprint density at radius 2 is 2.44 bits per heavy atom. The maximum Gasteiger partial charge on any atom is 0.350 e. The van der Waals surface area contributed by atoms with Gasteiger partial charge in [0.1, 0.15) is 11.2 Å². The van der Waals surface area contributed by atoms with E-state index < -0.39 is 17.2 Å². The molecule has 0 saturated carbocycles. The number of thioether (sulfide) groups is 1. The molecule has 16 heavy (non-hydrogen) atoms. The molecule has 4 N–H and O–H groups in total. The molecule has 1 aromatic rings. The molecule has 0 amide bonds. The number of rotatable bonds is 2. The minimum atomic E-state index is -0.648. The highest BCUT2D eigenvalue weighted by Gasteiger charge is 2.35. The summed E-state index contributed by atoms with van der Waals surface area (Å²) in [6.45, 7) is -0.00459. The van der Waals surface area contributed by atoms with E-state index in [4.69, 9.17) is 10.8 Å². The Morgan fingerprint density at radius 1 is 1.69 bits per heavy atom. The van der Waals surface area contributed by atoms with Crippen molar-refractivity contribution in [3.8, 4) is 0 Å². The molecule has 1 aromatic heterocycles. The second-order valence-electron chi connectivity index (χ2n) is 3.68. The van der Waals surface area contributed by atoms with E-state index in [1.807, 2.05) is 0 Å². The molecule has 1 aliphatic rings. The quantitative estimate of drug-likeness (QED) is 0.627. The lowest BCUT2D eigenvalue weighted by Crippen LogP contribution is -2.29. The lowest BCUT2D eigenvalue weighted by atomic mass is 10.2. The van der Waals surface area contributed by atoms with Gasteiger partial charge in [-0.3, -0.25) is 4.57 Å². The standard InChI is InChI=1S/C9H13N3O3S/c10-7-1-2-12(9(15)11-7)8-6(14)3-5(4-13)16-8/h1-2,5-6,8,13-14H,3-4H2,(H2,10,11,15). The van der Waals surface area contributed by atoms with Gasteiger partial charge in [-0.05, 0) is 12.5 Å². The molecule has 0 spiro atoms. The predicted octanol–water partition coefficient (Wildman–Crippen LogP) is -0.817. The van der Waals surface area contributed by atoms with Crippen LogP contribution in [0.4, 0.5) is 5.82 Å². The van der Waals surface area contributed by atoms with Crippen molar-refractivity contribution in [3.63, 3.8) is 0 Å². The fourth-order valence-electron chi connectivity index (χ4n) is 1.72. The first-order chi connectivity index (χ1) is 7.61. The third kappa shape index (κ3) is 2.06. The fourth-order valence-corrected chi connectivity index (χ4v) is 3.09. The van der Waals surface area contributed by atoms with Gasteiger partial charge < -0.3 is 15.9 Å². The number of aliphatic hydroxyl groups excluding tert-OH is 2. The molecule has 0 bridgehead atoms. The molecule has 6 nitrogen and oxygen atoms in total. The Hall–Kier alpha value is -1.05. The van der Waals surface area contributed by atoms with Gasteiger partial charge in [-0.15, -0.1) is 11.8 Å². The van der Waals surface area contributed by atoms with E-state index in [0.29, 0.717) is 6.42 Å². The monoisotopic (exact) mass is 243 g/mol. The van der Waals surface area contributed by atoms with Crippen molar-refractivity contribution >= 4 is 17.6 Å². The average Bonchev–Trinajstić information content (AvgIpc) is 2.60. The van der Waals surface area contributed by atoms with E-state index in [9.17, 15) is 9.90 Å². The number of anilines is 1. The first kappa shape index (κ1) is 11.4. The van der Waals surface area contributed by atoms with Crippen molar-refractivity contribution in [2.24, 2.45) is 0 Å². The summed E-state index contributed by atoms with van der Waals surface area (Å²) in [5.41, 5.74) is 4.90. The molecular formula is C9H13N3O3S. The summed E-state index contributed by atoms with van der Waals surface area (Å²) in [5.74, 6) is 0.164. The van der Waals surface area contributed by atoms with Crippen LogP contribution in [0.15, 0.2) is 17.1 Å². The van der Waals surface area contributed by atoms with Gasteiger partial charge in [-0.1, -0.05) is 0 Å². The molecule has 2 heterocycles. The second-order valence-corrected chi connectivity index (χ2v) is 5.10. The number of nitrogens with two attached hydrogens (primary N) is 1. The summed E-state index contributed by atoms with van der Waals surface area (Å²) < 4.78 is 1.35. The van der Waals surface area contributed by atoms with E-state index in [1.165, 1.54) is 28.6 Å². The van der Waals surface area contributed by atoms with E-state index in [-0.39, 0.29) is 17.7 Å². The topological polar surface area (TPSA) is 101 Å². The number of hydrogen-bond acceptors (Lipinski definition) is 6. The summed E-state index contributed by atoms with van der Waals surface area (Å²) >= 11 is 1.37. The molecule has 0 radical (unpaired) electrons. The van der Waals surface area contributed by atoms with Crippen LogP contribution in [-0.4, -0.2) is 37.7 Å². The van der Waals surface area contributed by atoms with Gasteiger partial charge in [0.05, 0.1) is 12.7 Å². The number of aromatic nitrogens is 2. The van der Waals surface area contributed by atoms with Gasteiger partial charge in [-0.2, -0.15) is 4.98 Å². The Bertz CT molecular complexity index is 436. The van der Waals surface area contributed by atoms with Gasteiger partial charge in [0.15, 0.2) is 0 Å². The molecule has 0 aromatic carbocycles. The normalized spacial score (nSPS) is 29.5. The third-order valence-electron chi connectivity index (χ3n) is 2.49. The molecule has 7 heteroatoms. The number of hydrogen-bond donors (Lipinski definition) is 3. The minimum Gasteiger partial charge on any atom is -0.395 e. The molecule has 3 unspecified atom stereocenters. The number of aliphatic hydroxyl groups is 2. The van der Waals surface area contributed by atoms with Gasteiger partial charge in [0.2, 0.25) is 0 Å². The summed E-state index contributed by atoms with van der Waals surface area (Å²) in [7, 11) is 0. The van der Waals surface area contributed by atoms with Gasteiger partial charge in [0, 0.05) is 11.4 Å². The zero-order chi connectivity index (χ0) is 11.7. The molecule has 88 valence electrons. The van der Waals surface area contributed by atoms with Crippen LogP contribution in [0.2, 0.25) is 0 Å². The Labute approximate surface area is 96.1 Å². The van der Waals surface area contributed by atoms with Crippen LogP contribution in [0.3, 0.4) is 0 Å². The van der Waals surface area contributed by atoms with E-state index in [2.05, 4.69) is 4.98 Å². The lowest BCUT2D eigenvalue weighted by molar-refractivity contribution is 0.142. The Kier molecular flexibility index (Phi) is 3.17. The molecule has 0 aliphatic carbocycles. The number of nitrogen functional groups attached to an aromatic ring is 1. The Morgan fingerprint density at radius 3 is 3.00 bits per heavy atom. The summed E-state index contributed by atoms with van der Waals surface area (Å²) in [4.78, 5) is 15.2. The van der Waals surface area contributed by atoms with Crippen LogP contribution in [-0.2, 0) is 0 Å². The van der Waals surface area contributed by atoms with Gasteiger partial charge in [0.25, 0.3) is 0 Å². The molecule has 2 rings (SSSR count). The lowest BCUT2D eigenvalue weighted by Gasteiger charge is -2.16. The zero-order valence-corrected chi connectivity index (χ0v) is 9.30. The first-order valence-electron chi connectivity index (χ1n) is 4.91. The zero-order valence-electron chi connectivity index (χ0n) is 8.48. The Balaban J connectivity index is 2.28. The van der Waals surface area contributed by atoms with Crippen LogP contribution in [0.1, 0.15) is 11.8 Å². The van der Waals surface area contributed by atoms with Crippen LogP contribution in [0.5, 0.6) is 0 Å². The van der Waals surface area contributed by atoms with Gasteiger partial charge >= 0.3 is 5.69 Å². The van der Waals surface area contributed by atoms with Crippen molar-refractivity contribution in [1.82, 2.24) is 9.55 Å². The van der Waals surface area contributed by atoms with E-state index in [0.717, 1.165) is 0 Å². The van der Waals surface area contributed by atoms with Crippen LogP contribution in [0, 0.1) is 0 Å². The van der Waals surface area contributed by atoms with Crippen molar-refractivity contribution in [1.29, 1.82) is 0 Å². The summed E-state index contributed by atoms with van der Waals surface area (Å²) in [6.07, 6.45) is 1.35. The maximum absolute atomic E-state index is 11.6. The summed E-state index contributed by atoms with van der Waals surface area (Å²) in [5, 5.41) is 18.4. The van der Waals surface area contributed by atoms with E-state index >= 15 is 0 Å². The van der Waals surface area contributed by atoms with E-state index in [1.54, 1.807) is 0 Å². The highest BCUT2D eigenvalue weighted by molar-refractivity contribution is 8.00. The largest absolute Gasteiger partial charge is 0.395 e. The van der Waals surface area contributed by atoms with Crippen molar-refractivity contribution in [2.45, 2.75) is 23.1 Å². The fraction of sp³-hybridized carbons (Fsp3) is 0.556. The third-order valence-corrected chi connectivity index (χ3v) is 4.04. The summed E-state index contributed by atoms with van der Waals surface area (Å²) in [6, 6.07) is 1.51. The average molecular weight is 243 g/mol. The molecular weight excluding hydrogens is 230 g/mol. The minimum absolute atomic E-state index is 0.00459. The number of nitrogens with zero attached hydrogens (tertiary/aromatic N) is 2. The SMILES string of the molecule is Nc1ccn(C2SC(CO)CC2O)c(=O)n1. The first-order valence-corrected chi connectivity index (χ1v) is 5.85. The molecule has 1 fully saturated rings. The van der Waals surface area contributed by atoms with Crippen molar-refractivity contribution in [2.75, 3.05) is 12.3 Å². The molecule has 3 atom stereocenters. The van der Waals surface area contributed by atoms with Gasteiger partial charge in [-0.25, -0.2) is 4.79 Å². The van der Waals surface area contributed by atoms with Crippen molar-refractivity contribution in [3.05, 3.63) is 22.7 Å².